The number of carbonyl (C=O) groups excluding carboxylic acids is 3. The van der Waals surface area contributed by atoms with Crippen LogP contribution >= 0.6 is 11.3 Å². The molecule has 3 rings (SSSR count). The molecular weight excluding hydrogens is 455 g/mol. The molecule has 1 aromatic heterocycles. The zero-order valence-electron chi connectivity index (χ0n) is 17.5. The first-order valence-corrected chi connectivity index (χ1v) is 10.5. The van der Waals surface area contributed by atoms with E-state index >= 15 is 0 Å². The topological polar surface area (TPSA) is 79.4 Å². The second-order valence-corrected chi connectivity index (χ2v) is 7.72. The summed E-state index contributed by atoms with van der Waals surface area (Å²) in [5.41, 5.74) is 0.216. The summed E-state index contributed by atoms with van der Waals surface area (Å²) >= 11 is 1.04. The molecule has 10 heteroatoms. The van der Waals surface area contributed by atoms with Crippen LogP contribution in [0.3, 0.4) is 0 Å². The van der Waals surface area contributed by atoms with Crippen molar-refractivity contribution >= 4 is 51.5 Å². The first-order valence-electron chi connectivity index (χ1n) is 9.59. The third-order valence-electron chi connectivity index (χ3n) is 4.42. The third kappa shape index (κ3) is 5.92. The van der Waals surface area contributed by atoms with Gasteiger partial charge in [-0.1, -0.05) is 18.2 Å². The van der Waals surface area contributed by atoms with Crippen molar-refractivity contribution in [3.05, 3.63) is 76.8 Å². The van der Waals surface area contributed by atoms with Crippen molar-refractivity contribution in [2.45, 2.75) is 20.0 Å². The SMILES string of the molecule is CC(=O)c1ccccc1NC(=O)/C=C/c1csc(N(C(C)=O)c2cccc(C(F)(F)F)c2)n1. The quantitative estimate of drug-likeness (QED) is 0.368. The monoisotopic (exact) mass is 473 g/mol. The highest BCUT2D eigenvalue weighted by Crippen LogP contribution is 2.35. The minimum absolute atomic E-state index is 0.0285. The molecule has 1 heterocycles. The lowest BCUT2D eigenvalue weighted by Gasteiger charge is -2.19. The van der Waals surface area contributed by atoms with Crippen LogP contribution < -0.4 is 10.2 Å². The Balaban J connectivity index is 1.79. The number of carbonyl (C=O) groups is 3. The standard InChI is InChI=1S/C23H18F3N3O3S/c1-14(30)19-8-3-4-9-20(19)28-21(32)11-10-17-13-33-22(27-17)29(15(2)31)18-7-5-6-16(12-18)23(24,25)26/h3-13H,1-2H3,(H,28,32)/b11-10+. The zero-order valence-corrected chi connectivity index (χ0v) is 18.3. The van der Waals surface area contributed by atoms with Gasteiger partial charge < -0.3 is 5.32 Å². The Bertz CT molecular complexity index is 1230. The number of hydrogen-bond acceptors (Lipinski definition) is 5. The number of ketones is 1. The molecule has 3 aromatic rings. The van der Waals surface area contributed by atoms with E-state index in [0.29, 0.717) is 16.9 Å². The molecule has 0 bridgehead atoms. The molecule has 170 valence electrons. The Morgan fingerprint density at radius 3 is 2.45 bits per heavy atom. The summed E-state index contributed by atoms with van der Waals surface area (Å²) in [6.45, 7) is 2.61. The summed E-state index contributed by atoms with van der Waals surface area (Å²) < 4.78 is 39.2. The van der Waals surface area contributed by atoms with E-state index in [2.05, 4.69) is 10.3 Å². The van der Waals surface area contributed by atoms with Gasteiger partial charge in [0.25, 0.3) is 0 Å². The predicted molar refractivity (Wildman–Crippen MR) is 120 cm³/mol. The molecule has 33 heavy (non-hydrogen) atoms. The van der Waals surface area contributed by atoms with Gasteiger partial charge in [0.05, 0.1) is 22.6 Å². The van der Waals surface area contributed by atoms with Crippen LogP contribution in [0.5, 0.6) is 0 Å². The second kappa shape index (κ2) is 9.78. The van der Waals surface area contributed by atoms with Crippen molar-refractivity contribution in [3.63, 3.8) is 0 Å². The van der Waals surface area contributed by atoms with Crippen molar-refractivity contribution in [1.82, 2.24) is 4.98 Å². The van der Waals surface area contributed by atoms with E-state index in [0.717, 1.165) is 28.4 Å². The highest BCUT2D eigenvalue weighted by Gasteiger charge is 2.31. The number of nitrogens with zero attached hydrogens (tertiary/aromatic N) is 2. The first kappa shape index (κ1) is 23.9. The van der Waals surface area contributed by atoms with Gasteiger partial charge in [-0.3, -0.25) is 19.3 Å². The number of thiazole rings is 1. The molecule has 0 aliphatic heterocycles. The molecular formula is C23H18F3N3O3S. The maximum absolute atomic E-state index is 13.1. The number of Topliss-reactive ketones (excluding diaryl/α,β-unsaturated/α-hetero) is 1. The van der Waals surface area contributed by atoms with Gasteiger partial charge in [0.2, 0.25) is 11.8 Å². The highest BCUT2D eigenvalue weighted by molar-refractivity contribution is 7.14. The minimum Gasteiger partial charge on any atom is -0.322 e. The third-order valence-corrected chi connectivity index (χ3v) is 5.26. The number of anilines is 3. The van der Waals surface area contributed by atoms with Gasteiger partial charge in [0, 0.05) is 23.9 Å². The molecule has 0 saturated heterocycles. The fourth-order valence-electron chi connectivity index (χ4n) is 2.94. The molecule has 0 fully saturated rings. The molecule has 6 nitrogen and oxygen atoms in total. The van der Waals surface area contributed by atoms with Crippen LogP contribution in [0.25, 0.3) is 6.08 Å². The van der Waals surface area contributed by atoms with E-state index in [9.17, 15) is 27.6 Å². The molecule has 1 N–H and O–H groups in total. The fraction of sp³-hybridized carbons (Fsp3) is 0.130. The van der Waals surface area contributed by atoms with E-state index < -0.39 is 23.6 Å². The zero-order chi connectivity index (χ0) is 24.2. The molecule has 0 radical (unpaired) electrons. The van der Waals surface area contributed by atoms with Crippen molar-refractivity contribution in [1.29, 1.82) is 0 Å². The molecule has 0 unspecified atom stereocenters. The van der Waals surface area contributed by atoms with E-state index in [1.807, 2.05) is 0 Å². The number of nitrogens with one attached hydrogen (secondary N) is 1. The molecule has 0 saturated carbocycles. The van der Waals surface area contributed by atoms with Crippen LogP contribution in [0.15, 0.2) is 60.0 Å². The molecule has 0 aliphatic carbocycles. The Kier molecular flexibility index (Phi) is 7.07. The van der Waals surface area contributed by atoms with Gasteiger partial charge in [0.1, 0.15) is 0 Å². The maximum atomic E-state index is 13.1. The number of para-hydroxylation sites is 1. The van der Waals surface area contributed by atoms with Crippen LogP contribution in [-0.2, 0) is 15.8 Å². The lowest BCUT2D eigenvalue weighted by atomic mass is 10.1. The average molecular weight is 473 g/mol. The van der Waals surface area contributed by atoms with Crippen molar-refractivity contribution < 1.29 is 27.6 Å². The first-order chi connectivity index (χ1) is 15.6. The van der Waals surface area contributed by atoms with Gasteiger partial charge in [-0.05, 0) is 43.3 Å². The van der Waals surface area contributed by atoms with Gasteiger partial charge >= 0.3 is 6.18 Å². The minimum atomic E-state index is -4.55. The van der Waals surface area contributed by atoms with Crippen molar-refractivity contribution in [2.24, 2.45) is 0 Å². The maximum Gasteiger partial charge on any atom is 0.416 e. The number of halogens is 3. The number of hydrogen-bond donors (Lipinski definition) is 1. The average Bonchev–Trinajstić information content (AvgIpc) is 3.20. The Hall–Kier alpha value is -3.79. The summed E-state index contributed by atoms with van der Waals surface area (Å²) in [5, 5.41) is 4.33. The van der Waals surface area contributed by atoms with Crippen LogP contribution in [0.4, 0.5) is 29.7 Å². The number of alkyl halides is 3. The normalized spacial score (nSPS) is 11.4. The predicted octanol–water partition coefficient (Wildman–Crippen LogP) is 5.70. The molecule has 2 amide bonds. The summed E-state index contributed by atoms with van der Waals surface area (Å²) in [6.07, 6.45) is -1.95. The van der Waals surface area contributed by atoms with Crippen LogP contribution in [-0.4, -0.2) is 22.6 Å². The lowest BCUT2D eigenvalue weighted by molar-refractivity contribution is -0.137. The van der Waals surface area contributed by atoms with Gasteiger partial charge in [-0.25, -0.2) is 4.98 Å². The summed E-state index contributed by atoms with van der Waals surface area (Å²) in [5.74, 6) is -1.21. The highest BCUT2D eigenvalue weighted by atomic mass is 32.1. The van der Waals surface area contributed by atoms with Gasteiger partial charge in [0.15, 0.2) is 10.9 Å². The fourth-order valence-corrected chi connectivity index (χ4v) is 3.79. The number of rotatable bonds is 6. The Morgan fingerprint density at radius 2 is 1.79 bits per heavy atom. The molecule has 0 spiro atoms. The number of benzene rings is 2. The number of amides is 2. The summed E-state index contributed by atoms with van der Waals surface area (Å²) in [6, 6.07) is 11.0. The second-order valence-electron chi connectivity index (χ2n) is 6.88. The molecule has 2 aromatic carbocycles. The van der Waals surface area contributed by atoms with E-state index in [1.54, 1.807) is 29.6 Å². The largest absolute Gasteiger partial charge is 0.416 e. The van der Waals surface area contributed by atoms with Gasteiger partial charge in [-0.15, -0.1) is 11.3 Å². The van der Waals surface area contributed by atoms with Crippen molar-refractivity contribution in [2.75, 3.05) is 10.2 Å². The van der Waals surface area contributed by atoms with E-state index in [4.69, 9.17) is 0 Å². The number of aromatic nitrogens is 1. The van der Waals surface area contributed by atoms with E-state index in [1.165, 1.54) is 38.1 Å². The van der Waals surface area contributed by atoms with Crippen LogP contribution in [0.2, 0.25) is 0 Å². The summed E-state index contributed by atoms with van der Waals surface area (Å²) in [4.78, 5) is 41.4. The Morgan fingerprint density at radius 1 is 1.06 bits per heavy atom. The lowest BCUT2D eigenvalue weighted by Crippen LogP contribution is -2.23. The summed E-state index contributed by atoms with van der Waals surface area (Å²) in [7, 11) is 0. The smallest absolute Gasteiger partial charge is 0.322 e. The van der Waals surface area contributed by atoms with Gasteiger partial charge in [-0.2, -0.15) is 13.2 Å². The van der Waals surface area contributed by atoms with Crippen LogP contribution in [0.1, 0.15) is 35.5 Å². The van der Waals surface area contributed by atoms with Crippen LogP contribution in [0, 0.1) is 0 Å². The van der Waals surface area contributed by atoms with Crippen molar-refractivity contribution in [3.8, 4) is 0 Å². The Labute approximate surface area is 191 Å². The van der Waals surface area contributed by atoms with E-state index in [-0.39, 0.29) is 16.6 Å². The molecule has 0 aliphatic rings. The molecule has 0 atom stereocenters.